The van der Waals surface area contributed by atoms with Gasteiger partial charge in [0, 0.05) is 26.2 Å². The first-order chi connectivity index (χ1) is 8.25. The van der Waals surface area contributed by atoms with Crippen molar-refractivity contribution in [3.05, 3.63) is 11.6 Å². The minimum atomic E-state index is 0.897. The second-order valence-corrected chi connectivity index (χ2v) is 5.94. The van der Waals surface area contributed by atoms with Crippen LogP contribution >= 0.6 is 0 Å². The van der Waals surface area contributed by atoms with E-state index in [9.17, 15) is 0 Å². The lowest BCUT2D eigenvalue weighted by Crippen LogP contribution is -2.44. The lowest BCUT2D eigenvalue weighted by Gasteiger charge is -2.31. The molecule has 2 aliphatic rings. The van der Waals surface area contributed by atoms with E-state index in [1.165, 1.54) is 58.4 Å². The summed E-state index contributed by atoms with van der Waals surface area (Å²) in [7, 11) is 0. The smallest absolute Gasteiger partial charge is 0.0107 e. The highest BCUT2D eigenvalue weighted by Gasteiger charge is 2.20. The minimum Gasteiger partial charge on any atom is -0.314 e. The van der Waals surface area contributed by atoms with Gasteiger partial charge < -0.3 is 10.2 Å². The van der Waals surface area contributed by atoms with Crippen molar-refractivity contribution in [3.8, 4) is 0 Å². The molecule has 0 aromatic rings. The van der Waals surface area contributed by atoms with E-state index in [0.29, 0.717) is 0 Å². The largest absolute Gasteiger partial charge is 0.314 e. The standard InChI is InChI=1S/C15H28N2/c1-13-3-5-15(6-4-13)14(2)7-10-17-11-8-16-9-12-17/h3,14-16H,4-12H2,1-2H3/t14?,15-/m0/s1. The maximum atomic E-state index is 3.42. The van der Waals surface area contributed by atoms with Crippen molar-refractivity contribution >= 4 is 0 Å². The third-order valence-electron chi connectivity index (χ3n) is 4.59. The number of piperazine rings is 1. The van der Waals surface area contributed by atoms with Gasteiger partial charge in [0.1, 0.15) is 0 Å². The number of rotatable bonds is 4. The summed E-state index contributed by atoms with van der Waals surface area (Å²) in [6, 6.07) is 0. The van der Waals surface area contributed by atoms with Crippen molar-refractivity contribution in [3.63, 3.8) is 0 Å². The molecule has 1 aliphatic carbocycles. The molecule has 1 N–H and O–H groups in total. The molecule has 2 heteroatoms. The molecule has 0 bridgehead atoms. The van der Waals surface area contributed by atoms with Gasteiger partial charge >= 0.3 is 0 Å². The van der Waals surface area contributed by atoms with Gasteiger partial charge in [-0.15, -0.1) is 0 Å². The van der Waals surface area contributed by atoms with Gasteiger partial charge in [-0.3, -0.25) is 0 Å². The summed E-state index contributed by atoms with van der Waals surface area (Å²) in [5.41, 5.74) is 1.61. The van der Waals surface area contributed by atoms with Crippen LogP contribution in [0.15, 0.2) is 11.6 Å². The highest BCUT2D eigenvalue weighted by Crippen LogP contribution is 2.30. The van der Waals surface area contributed by atoms with Crippen LogP contribution in [0.3, 0.4) is 0 Å². The summed E-state index contributed by atoms with van der Waals surface area (Å²) in [5, 5.41) is 3.42. The summed E-state index contributed by atoms with van der Waals surface area (Å²) < 4.78 is 0. The van der Waals surface area contributed by atoms with Crippen LogP contribution < -0.4 is 5.32 Å². The molecule has 98 valence electrons. The molecule has 0 radical (unpaired) electrons. The fourth-order valence-electron chi connectivity index (χ4n) is 3.06. The Morgan fingerprint density at radius 1 is 1.41 bits per heavy atom. The Bertz CT molecular complexity index is 254. The lowest BCUT2D eigenvalue weighted by molar-refractivity contribution is 0.205. The van der Waals surface area contributed by atoms with Crippen LogP contribution in [-0.2, 0) is 0 Å². The lowest BCUT2D eigenvalue weighted by atomic mass is 9.80. The van der Waals surface area contributed by atoms with E-state index in [2.05, 4.69) is 30.1 Å². The van der Waals surface area contributed by atoms with Gasteiger partial charge in [0.25, 0.3) is 0 Å². The summed E-state index contributed by atoms with van der Waals surface area (Å²) in [6.45, 7) is 10.9. The molecule has 1 aliphatic heterocycles. The maximum Gasteiger partial charge on any atom is 0.0107 e. The summed E-state index contributed by atoms with van der Waals surface area (Å²) in [5.74, 6) is 1.84. The Hall–Kier alpha value is -0.340. The molecule has 0 saturated carbocycles. The topological polar surface area (TPSA) is 15.3 Å². The first-order valence-corrected chi connectivity index (χ1v) is 7.34. The molecule has 0 amide bonds. The fourth-order valence-corrected chi connectivity index (χ4v) is 3.06. The molecule has 2 rings (SSSR count). The van der Waals surface area contributed by atoms with E-state index in [4.69, 9.17) is 0 Å². The molecule has 1 unspecified atom stereocenters. The number of nitrogens with zero attached hydrogens (tertiary/aromatic N) is 1. The monoisotopic (exact) mass is 236 g/mol. The van der Waals surface area contributed by atoms with Gasteiger partial charge in [0.15, 0.2) is 0 Å². The van der Waals surface area contributed by atoms with Crippen molar-refractivity contribution in [1.29, 1.82) is 0 Å². The van der Waals surface area contributed by atoms with Crippen molar-refractivity contribution < 1.29 is 0 Å². The van der Waals surface area contributed by atoms with Gasteiger partial charge in [0.05, 0.1) is 0 Å². The van der Waals surface area contributed by atoms with E-state index in [1.54, 1.807) is 5.57 Å². The van der Waals surface area contributed by atoms with Crippen LogP contribution in [0.1, 0.15) is 39.5 Å². The third kappa shape index (κ3) is 4.11. The Morgan fingerprint density at radius 2 is 2.18 bits per heavy atom. The van der Waals surface area contributed by atoms with E-state index in [1.807, 2.05) is 0 Å². The van der Waals surface area contributed by atoms with Gasteiger partial charge in [-0.05, 0) is 51.0 Å². The van der Waals surface area contributed by atoms with Crippen LogP contribution in [0.4, 0.5) is 0 Å². The molecule has 1 fully saturated rings. The number of hydrogen-bond donors (Lipinski definition) is 1. The van der Waals surface area contributed by atoms with Gasteiger partial charge in [0.2, 0.25) is 0 Å². The molecular formula is C15H28N2. The Morgan fingerprint density at radius 3 is 2.82 bits per heavy atom. The first-order valence-electron chi connectivity index (χ1n) is 7.34. The summed E-state index contributed by atoms with van der Waals surface area (Å²) in [6.07, 6.45) is 7.94. The number of allylic oxidation sites excluding steroid dienone is 2. The second kappa shape index (κ2) is 6.55. The summed E-state index contributed by atoms with van der Waals surface area (Å²) >= 11 is 0. The molecule has 2 nitrogen and oxygen atoms in total. The average Bonchev–Trinajstić information content (AvgIpc) is 2.38. The number of hydrogen-bond acceptors (Lipinski definition) is 2. The predicted molar refractivity (Wildman–Crippen MR) is 74.2 cm³/mol. The Kier molecular flexibility index (Phi) is 5.05. The van der Waals surface area contributed by atoms with Gasteiger partial charge in [-0.1, -0.05) is 18.6 Å². The molecule has 17 heavy (non-hydrogen) atoms. The van der Waals surface area contributed by atoms with Crippen LogP contribution in [0, 0.1) is 11.8 Å². The van der Waals surface area contributed by atoms with Crippen molar-refractivity contribution in [2.24, 2.45) is 11.8 Å². The molecule has 1 saturated heterocycles. The Balaban J connectivity index is 1.68. The quantitative estimate of drug-likeness (QED) is 0.755. The molecule has 2 atom stereocenters. The van der Waals surface area contributed by atoms with Crippen LogP contribution in [0.5, 0.6) is 0 Å². The summed E-state index contributed by atoms with van der Waals surface area (Å²) in [4.78, 5) is 2.62. The second-order valence-electron chi connectivity index (χ2n) is 5.94. The molecule has 0 aromatic carbocycles. The zero-order valence-electron chi connectivity index (χ0n) is 11.5. The third-order valence-corrected chi connectivity index (χ3v) is 4.59. The van der Waals surface area contributed by atoms with E-state index in [0.717, 1.165) is 11.8 Å². The zero-order valence-corrected chi connectivity index (χ0v) is 11.5. The van der Waals surface area contributed by atoms with Crippen LogP contribution in [0.2, 0.25) is 0 Å². The molecule has 0 aromatic heterocycles. The molecule has 1 heterocycles. The highest BCUT2D eigenvalue weighted by atomic mass is 15.2. The zero-order chi connectivity index (χ0) is 12.1. The van der Waals surface area contributed by atoms with Gasteiger partial charge in [-0.25, -0.2) is 0 Å². The van der Waals surface area contributed by atoms with Crippen LogP contribution in [-0.4, -0.2) is 37.6 Å². The SMILES string of the molecule is CC1=CC[C@H](C(C)CCN2CCNCC2)CC1. The Labute approximate surface area is 106 Å². The maximum absolute atomic E-state index is 3.42. The van der Waals surface area contributed by atoms with Crippen molar-refractivity contribution in [1.82, 2.24) is 10.2 Å². The van der Waals surface area contributed by atoms with E-state index in [-0.39, 0.29) is 0 Å². The van der Waals surface area contributed by atoms with Gasteiger partial charge in [-0.2, -0.15) is 0 Å². The average molecular weight is 236 g/mol. The molecule has 0 spiro atoms. The molecular weight excluding hydrogens is 208 g/mol. The van der Waals surface area contributed by atoms with Crippen molar-refractivity contribution in [2.75, 3.05) is 32.7 Å². The van der Waals surface area contributed by atoms with Crippen molar-refractivity contribution in [2.45, 2.75) is 39.5 Å². The minimum absolute atomic E-state index is 0.897. The van der Waals surface area contributed by atoms with E-state index >= 15 is 0 Å². The highest BCUT2D eigenvalue weighted by molar-refractivity contribution is 5.03. The normalized spacial score (nSPS) is 28.8. The fraction of sp³-hybridized carbons (Fsp3) is 0.867. The van der Waals surface area contributed by atoms with Crippen LogP contribution in [0.25, 0.3) is 0 Å². The predicted octanol–water partition coefficient (Wildman–Crippen LogP) is 2.66. The number of nitrogens with one attached hydrogen (secondary N) is 1. The first kappa shape index (κ1) is 13.1. The van der Waals surface area contributed by atoms with E-state index < -0.39 is 0 Å².